The Morgan fingerprint density at radius 3 is 3.24 bits per heavy atom. The molecule has 90 valence electrons. The molecule has 3 heterocycles. The van der Waals surface area contributed by atoms with E-state index >= 15 is 0 Å². The van der Waals surface area contributed by atoms with Crippen LogP contribution in [0.2, 0.25) is 0 Å². The van der Waals surface area contributed by atoms with Gasteiger partial charge in [-0.05, 0) is 6.07 Å². The van der Waals surface area contributed by atoms with Crippen molar-refractivity contribution in [1.82, 2.24) is 14.5 Å². The van der Waals surface area contributed by atoms with E-state index in [1.54, 1.807) is 6.20 Å². The van der Waals surface area contributed by atoms with Crippen molar-refractivity contribution in [2.45, 2.75) is 24.8 Å². The summed E-state index contributed by atoms with van der Waals surface area (Å²) in [7, 11) is 0. The number of rotatable bonds is 2. The fourth-order valence-electron chi connectivity index (χ4n) is 2.23. The highest BCUT2D eigenvalue weighted by Gasteiger charge is 2.33. The summed E-state index contributed by atoms with van der Waals surface area (Å²) in [5, 5.41) is 10.1. The first-order chi connectivity index (χ1) is 8.29. The molecule has 6 heteroatoms. The zero-order chi connectivity index (χ0) is 11.8. The van der Waals surface area contributed by atoms with Gasteiger partial charge in [0, 0.05) is 30.2 Å². The van der Waals surface area contributed by atoms with E-state index in [-0.39, 0.29) is 25.0 Å². The van der Waals surface area contributed by atoms with E-state index in [0.29, 0.717) is 6.42 Å². The molecule has 1 saturated heterocycles. The van der Waals surface area contributed by atoms with E-state index < -0.39 is 0 Å². The number of hydrogen-bond donors (Lipinski definition) is 2. The highest BCUT2D eigenvalue weighted by Crippen LogP contribution is 2.29. The molecule has 3 atom stereocenters. The third-order valence-corrected chi connectivity index (χ3v) is 3.15. The van der Waals surface area contributed by atoms with Gasteiger partial charge in [-0.1, -0.05) is 0 Å². The van der Waals surface area contributed by atoms with Gasteiger partial charge < -0.3 is 20.1 Å². The van der Waals surface area contributed by atoms with Gasteiger partial charge >= 0.3 is 0 Å². The quantitative estimate of drug-likeness (QED) is 0.766. The van der Waals surface area contributed by atoms with Crippen LogP contribution in [0.4, 0.5) is 0 Å². The molecule has 2 aromatic heterocycles. The second-order valence-corrected chi connectivity index (χ2v) is 4.24. The number of aromatic nitrogens is 3. The van der Waals surface area contributed by atoms with Gasteiger partial charge in [-0.15, -0.1) is 0 Å². The Morgan fingerprint density at radius 1 is 1.59 bits per heavy atom. The Kier molecular flexibility index (Phi) is 2.54. The van der Waals surface area contributed by atoms with Gasteiger partial charge in [0.25, 0.3) is 0 Å². The lowest BCUT2D eigenvalue weighted by molar-refractivity contribution is -0.0230. The van der Waals surface area contributed by atoms with Crippen LogP contribution in [0.3, 0.4) is 0 Å². The lowest BCUT2D eigenvalue weighted by Crippen LogP contribution is -2.32. The van der Waals surface area contributed by atoms with Gasteiger partial charge in [0.1, 0.15) is 18.2 Å². The number of aliphatic hydroxyl groups excluding tert-OH is 1. The number of nitrogens with two attached hydrogens (primary N) is 1. The van der Waals surface area contributed by atoms with Gasteiger partial charge in [0.05, 0.1) is 12.7 Å². The van der Waals surface area contributed by atoms with E-state index in [1.165, 1.54) is 6.33 Å². The molecule has 0 aromatic carbocycles. The van der Waals surface area contributed by atoms with Crippen LogP contribution in [-0.2, 0) is 4.74 Å². The predicted octanol–water partition coefficient (Wildman–Crippen LogP) is 0.0384. The Hall–Kier alpha value is -1.50. The second kappa shape index (κ2) is 4.06. The number of fused-ring (bicyclic) bond motifs is 1. The average Bonchev–Trinajstić information content (AvgIpc) is 2.92. The zero-order valence-corrected chi connectivity index (χ0v) is 9.23. The minimum atomic E-state index is -0.292. The van der Waals surface area contributed by atoms with Gasteiger partial charge in [-0.2, -0.15) is 0 Å². The van der Waals surface area contributed by atoms with Crippen LogP contribution in [0.5, 0.6) is 0 Å². The van der Waals surface area contributed by atoms with E-state index in [9.17, 15) is 0 Å². The molecule has 1 fully saturated rings. The first-order valence-electron chi connectivity index (χ1n) is 5.58. The van der Waals surface area contributed by atoms with E-state index in [0.717, 1.165) is 11.0 Å². The van der Waals surface area contributed by atoms with Gasteiger partial charge in [0.2, 0.25) is 0 Å². The van der Waals surface area contributed by atoms with E-state index in [2.05, 4.69) is 9.97 Å². The molecule has 3 rings (SSSR count). The molecular weight excluding hydrogens is 220 g/mol. The third kappa shape index (κ3) is 1.70. The Balaban J connectivity index is 1.95. The van der Waals surface area contributed by atoms with Gasteiger partial charge in [-0.25, -0.2) is 9.97 Å². The number of nitrogens with zero attached hydrogens (tertiary/aromatic N) is 3. The minimum Gasteiger partial charge on any atom is -0.394 e. The molecule has 1 aliphatic rings. The fraction of sp³-hybridized carbons (Fsp3) is 0.455. The lowest BCUT2D eigenvalue weighted by Gasteiger charge is -2.14. The van der Waals surface area contributed by atoms with Crippen molar-refractivity contribution >= 4 is 11.0 Å². The summed E-state index contributed by atoms with van der Waals surface area (Å²) in [4.78, 5) is 8.20. The molecule has 3 N–H and O–H groups in total. The summed E-state index contributed by atoms with van der Waals surface area (Å²) in [6.45, 7) is -0.0498. The molecule has 17 heavy (non-hydrogen) atoms. The van der Waals surface area contributed by atoms with Crippen LogP contribution in [0, 0.1) is 0 Å². The molecule has 0 saturated carbocycles. The van der Waals surface area contributed by atoms with Crippen molar-refractivity contribution in [2.75, 3.05) is 6.61 Å². The largest absolute Gasteiger partial charge is 0.394 e. The maximum Gasteiger partial charge on any atom is 0.145 e. The van der Waals surface area contributed by atoms with Gasteiger partial charge in [-0.3, -0.25) is 0 Å². The average molecular weight is 234 g/mol. The van der Waals surface area contributed by atoms with Crippen molar-refractivity contribution in [3.63, 3.8) is 0 Å². The second-order valence-electron chi connectivity index (χ2n) is 4.24. The lowest BCUT2D eigenvalue weighted by atomic mass is 10.1. The number of aliphatic hydroxyl groups is 1. The Bertz CT molecular complexity index is 527. The van der Waals surface area contributed by atoms with E-state index in [1.807, 2.05) is 16.8 Å². The number of ether oxygens (including phenoxy) is 1. The van der Waals surface area contributed by atoms with Crippen LogP contribution in [0.25, 0.3) is 11.0 Å². The van der Waals surface area contributed by atoms with Crippen LogP contribution >= 0.6 is 0 Å². The predicted molar refractivity (Wildman–Crippen MR) is 61.1 cm³/mol. The highest BCUT2D eigenvalue weighted by atomic mass is 16.5. The normalized spacial score (nSPS) is 28.9. The minimum absolute atomic E-state index is 0.0498. The number of hydrogen-bond acceptors (Lipinski definition) is 5. The Morgan fingerprint density at radius 2 is 2.47 bits per heavy atom. The fourth-order valence-corrected chi connectivity index (χ4v) is 2.23. The Labute approximate surface area is 98.0 Å². The van der Waals surface area contributed by atoms with Gasteiger partial charge in [0.15, 0.2) is 0 Å². The van der Waals surface area contributed by atoms with Crippen LogP contribution < -0.4 is 5.73 Å². The molecule has 0 aliphatic carbocycles. The third-order valence-electron chi connectivity index (χ3n) is 3.15. The summed E-state index contributed by atoms with van der Waals surface area (Å²) in [5.74, 6) is 0. The maximum absolute atomic E-state index is 9.13. The molecule has 1 aliphatic heterocycles. The zero-order valence-electron chi connectivity index (χ0n) is 9.23. The molecule has 0 bridgehead atoms. The van der Waals surface area contributed by atoms with Crippen molar-refractivity contribution in [2.24, 2.45) is 5.73 Å². The summed E-state index contributed by atoms with van der Waals surface area (Å²) >= 11 is 0. The summed E-state index contributed by atoms with van der Waals surface area (Å²) in [6, 6.07) is 1.81. The molecule has 6 nitrogen and oxygen atoms in total. The van der Waals surface area contributed by atoms with Crippen LogP contribution in [0.1, 0.15) is 12.6 Å². The molecule has 0 amide bonds. The molecule has 0 spiro atoms. The standard InChI is InChI=1S/C11H14N4O2/c12-8-3-10(17-9(8)5-16)15-2-1-7-4-13-6-14-11(7)15/h1-2,4,6,8-10,16H,3,5,12H2/t8-,9+,10+/m0/s1. The van der Waals surface area contributed by atoms with Crippen molar-refractivity contribution < 1.29 is 9.84 Å². The molecular formula is C11H14N4O2. The summed E-state index contributed by atoms with van der Waals surface area (Å²) in [6.07, 6.45) is 5.41. The first-order valence-corrected chi connectivity index (χ1v) is 5.58. The maximum atomic E-state index is 9.13. The van der Waals surface area contributed by atoms with Crippen molar-refractivity contribution in [3.05, 3.63) is 24.8 Å². The van der Waals surface area contributed by atoms with Crippen LogP contribution in [0.15, 0.2) is 24.8 Å². The molecule has 0 unspecified atom stereocenters. The monoisotopic (exact) mass is 234 g/mol. The van der Waals surface area contributed by atoms with E-state index in [4.69, 9.17) is 15.6 Å². The topological polar surface area (TPSA) is 86.2 Å². The summed E-state index contributed by atoms with van der Waals surface area (Å²) in [5.41, 5.74) is 6.73. The smallest absolute Gasteiger partial charge is 0.145 e. The molecule has 2 aromatic rings. The van der Waals surface area contributed by atoms with Crippen molar-refractivity contribution in [3.8, 4) is 0 Å². The van der Waals surface area contributed by atoms with Crippen LogP contribution in [-0.4, -0.2) is 38.4 Å². The molecule has 0 radical (unpaired) electrons. The SMILES string of the molecule is N[C@H]1C[C@H](n2ccc3cncnc32)O[C@@H]1CO. The van der Waals surface area contributed by atoms with Crippen molar-refractivity contribution in [1.29, 1.82) is 0 Å². The summed E-state index contributed by atoms with van der Waals surface area (Å²) < 4.78 is 7.64. The first kappa shape index (κ1) is 10.6. The highest BCUT2D eigenvalue weighted by molar-refractivity contribution is 5.74.